The molecule has 0 fully saturated rings. The van der Waals surface area contributed by atoms with Gasteiger partial charge in [-0.05, 0) is 31.2 Å². The second-order valence-electron chi connectivity index (χ2n) is 4.09. The maximum Gasteiger partial charge on any atom is 0.239 e. The Kier molecular flexibility index (Phi) is 5.13. The number of nitrogens with one attached hydrogen (secondary N) is 1. The van der Waals surface area contributed by atoms with Gasteiger partial charge in [-0.3, -0.25) is 4.79 Å². The summed E-state index contributed by atoms with van der Waals surface area (Å²) in [7, 11) is -3.47. The molecular weight excluding hydrogens is 276 g/mol. The van der Waals surface area contributed by atoms with Crippen LogP contribution in [0.15, 0.2) is 24.3 Å². The highest BCUT2D eigenvalue weighted by Crippen LogP contribution is 2.13. The van der Waals surface area contributed by atoms with Crippen LogP contribution in [0.3, 0.4) is 0 Å². The standard InChI is InChI=1S/C11H15ClN2O3S/c1-8(13)6-18(16,17)7-11(15)14-10-4-2-9(12)3-5-10/h2-5,8H,6-7,13H2,1H3,(H,14,15). The summed E-state index contributed by atoms with van der Waals surface area (Å²) in [6.07, 6.45) is 0. The van der Waals surface area contributed by atoms with E-state index in [9.17, 15) is 13.2 Å². The van der Waals surface area contributed by atoms with Crippen molar-refractivity contribution in [3.8, 4) is 0 Å². The highest BCUT2D eigenvalue weighted by atomic mass is 35.5. The molecule has 1 aromatic rings. The van der Waals surface area contributed by atoms with Crippen molar-refractivity contribution in [1.29, 1.82) is 0 Å². The zero-order valence-electron chi connectivity index (χ0n) is 9.89. The Hall–Kier alpha value is -1.11. The smallest absolute Gasteiger partial charge is 0.239 e. The number of halogens is 1. The van der Waals surface area contributed by atoms with E-state index in [0.29, 0.717) is 10.7 Å². The summed E-state index contributed by atoms with van der Waals surface area (Å²) in [5.74, 6) is -1.36. The number of anilines is 1. The van der Waals surface area contributed by atoms with Gasteiger partial charge in [0.1, 0.15) is 5.75 Å². The average molecular weight is 291 g/mol. The van der Waals surface area contributed by atoms with Crippen molar-refractivity contribution in [2.75, 3.05) is 16.8 Å². The van der Waals surface area contributed by atoms with Crippen LogP contribution in [0.4, 0.5) is 5.69 Å². The van der Waals surface area contributed by atoms with Gasteiger partial charge in [0.05, 0.1) is 5.75 Å². The molecule has 0 aliphatic carbocycles. The van der Waals surface area contributed by atoms with Crippen LogP contribution in [0.1, 0.15) is 6.92 Å². The van der Waals surface area contributed by atoms with E-state index >= 15 is 0 Å². The molecule has 0 bridgehead atoms. The Morgan fingerprint density at radius 2 is 1.94 bits per heavy atom. The van der Waals surface area contributed by atoms with Gasteiger partial charge in [-0.2, -0.15) is 0 Å². The van der Waals surface area contributed by atoms with Crippen LogP contribution in [-0.2, 0) is 14.6 Å². The van der Waals surface area contributed by atoms with Crippen molar-refractivity contribution >= 4 is 33.0 Å². The Balaban J connectivity index is 2.59. The van der Waals surface area contributed by atoms with Crippen LogP contribution in [0.25, 0.3) is 0 Å². The van der Waals surface area contributed by atoms with Gasteiger partial charge < -0.3 is 11.1 Å². The van der Waals surface area contributed by atoms with Crippen LogP contribution < -0.4 is 11.1 Å². The summed E-state index contributed by atoms with van der Waals surface area (Å²) in [6.45, 7) is 1.58. The van der Waals surface area contributed by atoms with Gasteiger partial charge in [-0.15, -0.1) is 0 Å². The number of sulfone groups is 1. The third-order valence-corrected chi connectivity index (χ3v) is 3.98. The second-order valence-corrected chi connectivity index (χ2v) is 6.63. The number of benzene rings is 1. The molecule has 1 atom stereocenters. The van der Waals surface area contributed by atoms with Gasteiger partial charge in [-0.25, -0.2) is 8.42 Å². The predicted molar refractivity (Wildman–Crippen MR) is 72.4 cm³/mol. The molecule has 0 spiro atoms. The van der Waals surface area contributed by atoms with Crippen LogP contribution in [-0.4, -0.2) is 31.9 Å². The number of rotatable bonds is 5. The minimum Gasteiger partial charge on any atom is -0.327 e. The summed E-state index contributed by atoms with van der Waals surface area (Å²) in [6, 6.07) is 5.91. The predicted octanol–water partition coefficient (Wildman–Crippen LogP) is 1.04. The van der Waals surface area contributed by atoms with Crippen molar-refractivity contribution in [2.24, 2.45) is 5.73 Å². The molecule has 18 heavy (non-hydrogen) atoms. The topological polar surface area (TPSA) is 89.3 Å². The van der Waals surface area contributed by atoms with E-state index in [4.69, 9.17) is 17.3 Å². The highest BCUT2D eigenvalue weighted by molar-refractivity contribution is 7.92. The summed E-state index contributed by atoms with van der Waals surface area (Å²) >= 11 is 5.69. The lowest BCUT2D eigenvalue weighted by Crippen LogP contribution is -2.32. The summed E-state index contributed by atoms with van der Waals surface area (Å²) < 4.78 is 23.1. The normalized spacial score (nSPS) is 13.1. The lowest BCUT2D eigenvalue weighted by atomic mass is 10.3. The van der Waals surface area contributed by atoms with E-state index < -0.39 is 27.5 Å². The van der Waals surface area contributed by atoms with Gasteiger partial charge in [0, 0.05) is 16.8 Å². The number of nitrogens with two attached hydrogens (primary N) is 1. The molecule has 3 N–H and O–H groups in total. The fourth-order valence-electron chi connectivity index (χ4n) is 1.39. The van der Waals surface area contributed by atoms with Gasteiger partial charge in [0.2, 0.25) is 5.91 Å². The quantitative estimate of drug-likeness (QED) is 0.848. The third kappa shape index (κ3) is 5.48. The molecule has 1 unspecified atom stereocenters. The van der Waals surface area contributed by atoms with E-state index in [-0.39, 0.29) is 5.75 Å². The van der Waals surface area contributed by atoms with Crippen LogP contribution in [0.5, 0.6) is 0 Å². The van der Waals surface area contributed by atoms with Gasteiger partial charge in [-0.1, -0.05) is 11.6 Å². The maximum absolute atomic E-state index is 11.5. The fourth-order valence-corrected chi connectivity index (χ4v) is 2.91. The lowest BCUT2D eigenvalue weighted by molar-refractivity contribution is -0.113. The number of hydrogen-bond donors (Lipinski definition) is 2. The number of carbonyl (C=O) groups excluding carboxylic acids is 1. The largest absolute Gasteiger partial charge is 0.327 e. The maximum atomic E-state index is 11.5. The van der Waals surface area contributed by atoms with Crippen molar-refractivity contribution in [3.63, 3.8) is 0 Å². The monoisotopic (exact) mass is 290 g/mol. The molecule has 0 aromatic heterocycles. The molecule has 0 saturated heterocycles. The van der Waals surface area contributed by atoms with Crippen LogP contribution in [0, 0.1) is 0 Å². The van der Waals surface area contributed by atoms with E-state index in [0.717, 1.165) is 0 Å². The fraction of sp³-hybridized carbons (Fsp3) is 0.364. The summed E-state index contributed by atoms with van der Waals surface area (Å²) in [4.78, 5) is 11.5. The number of hydrogen-bond acceptors (Lipinski definition) is 4. The first-order valence-electron chi connectivity index (χ1n) is 5.30. The number of carbonyl (C=O) groups is 1. The first kappa shape index (κ1) is 14.9. The molecule has 0 radical (unpaired) electrons. The van der Waals surface area contributed by atoms with Crippen LogP contribution >= 0.6 is 11.6 Å². The summed E-state index contributed by atoms with van der Waals surface area (Å²) in [5, 5.41) is 3.02. The van der Waals surface area contributed by atoms with E-state index in [1.54, 1.807) is 31.2 Å². The molecule has 1 amide bonds. The van der Waals surface area contributed by atoms with Gasteiger partial charge in [0.25, 0.3) is 0 Å². The second kappa shape index (κ2) is 6.17. The van der Waals surface area contributed by atoms with Crippen molar-refractivity contribution < 1.29 is 13.2 Å². The Bertz CT molecular complexity index is 512. The molecule has 0 heterocycles. The minimum atomic E-state index is -3.47. The van der Waals surface area contributed by atoms with Crippen molar-refractivity contribution in [3.05, 3.63) is 29.3 Å². The molecule has 0 saturated carbocycles. The Labute approximate surface area is 111 Å². The average Bonchev–Trinajstić information content (AvgIpc) is 2.18. The van der Waals surface area contributed by atoms with E-state index in [2.05, 4.69) is 5.32 Å². The Morgan fingerprint density at radius 1 is 1.39 bits per heavy atom. The first-order chi connectivity index (χ1) is 8.28. The van der Waals surface area contributed by atoms with Crippen LogP contribution in [0.2, 0.25) is 5.02 Å². The molecule has 0 aliphatic heterocycles. The SMILES string of the molecule is CC(N)CS(=O)(=O)CC(=O)Nc1ccc(Cl)cc1. The molecule has 1 aromatic carbocycles. The first-order valence-corrected chi connectivity index (χ1v) is 7.50. The number of amides is 1. The molecule has 1 rings (SSSR count). The Morgan fingerprint density at radius 3 is 2.44 bits per heavy atom. The molecule has 7 heteroatoms. The zero-order valence-corrected chi connectivity index (χ0v) is 11.5. The molecule has 5 nitrogen and oxygen atoms in total. The molecular formula is C11H15ClN2O3S. The highest BCUT2D eigenvalue weighted by Gasteiger charge is 2.18. The van der Waals surface area contributed by atoms with E-state index in [1.165, 1.54) is 0 Å². The van der Waals surface area contributed by atoms with Gasteiger partial charge in [0.15, 0.2) is 9.84 Å². The van der Waals surface area contributed by atoms with Gasteiger partial charge >= 0.3 is 0 Å². The minimum absolute atomic E-state index is 0.207. The zero-order chi connectivity index (χ0) is 13.8. The van der Waals surface area contributed by atoms with Crippen molar-refractivity contribution in [2.45, 2.75) is 13.0 Å². The molecule has 100 valence electrons. The summed E-state index contributed by atoms with van der Waals surface area (Å²) in [5.41, 5.74) is 5.90. The van der Waals surface area contributed by atoms with E-state index in [1.807, 2.05) is 0 Å². The lowest BCUT2D eigenvalue weighted by Gasteiger charge is -2.08. The van der Waals surface area contributed by atoms with Crippen molar-refractivity contribution in [1.82, 2.24) is 0 Å². The third-order valence-electron chi connectivity index (χ3n) is 2.00. The molecule has 0 aliphatic rings.